The first-order valence-electron chi connectivity index (χ1n) is 17.4. The summed E-state index contributed by atoms with van der Waals surface area (Å²) in [6.07, 6.45) is 2.06. The van der Waals surface area contributed by atoms with Gasteiger partial charge < -0.3 is 4.90 Å². The van der Waals surface area contributed by atoms with E-state index < -0.39 is 0 Å². The maximum atomic E-state index is 5.08. The molecule has 0 aliphatic heterocycles. The topological polar surface area (TPSA) is 16.1 Å². The highest BCUT2D eigenvalue weighted by molar-refractivity contribution is 6.17. The molecule has 0 fully saturated rings. The number of hydrogen-bond donors (Lipinski definition) is 0. The van der Waals surface area contributed by atoms with Gasteiger partial charge in [-0.1, -0.05) is 147 Å². The lowest BCUT2D eigenvalue weighted by Crippen LogP contribution is -2.16. The quantitative estimate of drug-likeness (QED) is 0.186. The Morgan fingerprint density at radius 3 is 1.74 bits per heavy atom. The van der Waals surface area contributed by atoms with Gasteiger partial charge in [-0.2, -0.15) is 0 Å². The number of hydrogen-bond acceptors (Lipinski definition) is 2. The summed E-state index contributed by atoms with van der Waals surface area (Å²) in [5.41, 5.74) is 18.3. The van der Waals surface area contributed by atoms with Gasteiger partial charge in [0.05, 0.1) is 11.4 Å². The first-order valence-corrected chi connectivity index (χ1v) is 17.4. The fourth-order valence-electron chi connectivity index (χ4n) is 8.47. The molecular formula is C48H34N2. The zero-order chi connectivity index (χ0) is 33.4. The fraction of sp³-hybridized carbons (Fsp3) is 0.0625. The van der Waals surface area contributed by atoms with E-state index in [9.17, 15) is 0 Å². The van der Waals surface area contributed by atoms with Crippen molar-refractivity contribution in [3.05, 3.63) is 181 Å². The van der Waals surface area contributed by atoms with Gasteiger partial charge in [0, 0.05) is 50.4 Å². The molecule has 7 aromatic carbocycles. The molecule has 1 aromatic heterocycles. The van der Waals surface area contributed by atoms with Crippen LogP contribution >= 0.6 is 0 Å². The van der Waals surface area contributed by atoms with E-state index in [1.807, 2.05) is 0 Å². The van der Waals surface area contributed by atoms with Gasteiger partial charge in [0.1, 0.15) is 0 Å². The van der Waals surface area contributed by atoms with E-state index in [1.165, 1.54) is 72.1 Å². The van der Waals surface area contributed by atoms with Crippen LogP contribution in [-0.2, 0) is 5.41 Å². The van der Waals surface area contributed by atoms with Crippen molar-refractivity contribution >= 4 is 27.8 Å². The summed E-state index contributed by atoms with van der Waals surface area (Å²) in [5.74, 6) is 0. The largest absolute Gasteiger partial charge is 0.310 e. The summed E-state index contributed by atoms with van der Waals surface area (Å²) in [5, 5.41) is 2.49. The smallest absolute Gasteiger partial charge is 0.0780 e. The van der Waals surface area contributed by atoms with Crippen molar-refractivity contribution in [3.63, 3.8) is 0 Å². The Bertz CT molecular complexity index is 2570. The summed E-state index contributed by atoms with van der Waals surface area (Å²) in [4.78, 5) is 7.51. The highest BCUT2D eigenvalue weighted by Crippen LogP contribution is 2.54. The third-order valence-electron chi connectivity index (χ3n) is 10.9. The molecule has 0 N–H and O–H groups in total. The average Bonchev–Trinajstić information content (AvgIpc) is 3.63. The van der Waals surface area contributed by atoms with E-state index in [0.29, 0.717) is 0 Å². The number of benzene rings is 7. The van der Waals surface area contributed by atoms with Crippen LogP contribution < -0.4 is 4.90 Å². The van der Waals surface area contributed by atoms with Crippen molar-refractivity contribution < 1.29 is 0 Å². The molecular weight excluding hydrogens is 605 g/mol. The second-order valence-electron chi connectivity index (χ2n) is 14.0. The third-order valence-corrected chi connectivity index (χ3v) is 10.9. The molecule has 50 heavy (non-hydrogen) atoms. The van der Waals surface area contributed by atoms with Crippen molar-refractivity contribution in [2.75, 3.05) is 4.90 Å². The Morgan fingerprint density at radius 2 is 1.00 bits per heavy atom. The highest BCUT2D eigenvalue weighted by Gasteiger charge is 2.37. The van der Waals surface area contributed by atoms with Crippen LogP contribution in [0.3, 0.4) is 0 Å². The molecule has 2 aliphatic rings. The van der Waals surface area contributed by atoms with Gasteiger partial charge in [0.2, 0.25) is 0 Å². The Balaban J connectivity index is 1.12. The van der Waals surface area contributed by atoms with Gasteiger partial charge >= 0.3 is 0 Å². The zero-order valence-corrected chi connectivity index (χ0v) is 28.1. The first kappa shape index (κ1) is 28.7. The minimum absolute atomic E-state index is 0.0876. The number of anilines is 3. The molecule has 0 atom stereocenters. The predicted molar refractivity (Wildman–Crippen MR) is 209 cm³/mol. The first-order chi connectivity index (χ1) is 24.6. The maximum absolute atomic E-state index is 5.08. The second kappa shape index (κ2) is 10.9. The molecule has 10 rings (SSSR count). The number of nitrogens with zero attached hydrogens (tertiary/aromatic N) is 2. The summed E-state index contributed by atoms with van der Waals surface area (Å²) in [6.45, 7) is 4.69. The van der Waals surface area contributed by atoms with E-state index in [4.69, 9.17) is 4.98 Å². The monoisotopic (exact) mass is 638 g/mol. The molecule has 2 aliphatic carbocycles. The Hall–Kier alpha value is -6.25. The SMILES string of the molecule is CC1(C)c2ccccc2-c2c(N(c3ccc(-c4ccccc4)cc3)c3ccc(-c4ncc5c6c(cccc46)-c4ccccc4-5)cc3)cccc21. The Morgan fingerprint density at radius 1 is 0.440 bits per heavy atom. The lowest BCUT2D eigenvalue weighted by Gasteiger charge is -2.29. The summed E-state index contributed by atoms with van der Waals surface area (Å²) < 4.78 is 0. The van der Waals surface area contributed by atoms with E-state index in [-0.39, 0.29) is 5.41 Å². The zero-order valence-electron chi connectivity index (χ0n) is 28.1. The molecule has 0 spiro atoms. The number of pyridine rings is 1. The van der Waals surface area contributed by atoms with Crippen LogP contribution in [0.15, 0.2) is 170 Å². The average molecular weight is 639 g/mol. The summed E-state index contributed by atoms with van der Waals surface area (Å²) >= 11 is 0. The second-order valence-corrected chi connectivity index (χ2v) is 14.0. The molecule has 8 aromatic rings. The van der Waals surface area contributed by atoms with Gasteiger partial charge in [0.25, 0.3) is 0 Å². The van der Waals surface area contributed by atoms with Crippen molar-refractivity contribution in [2.24, 2.45) is 0 Å². The van der Waals surface area contributed by atoms with Gasteiger partial charge in [-0.15, -0.1) is 0 Å². The van der Waals surface area contributed by atoms with Crippen molar-refractivity contribution in [3.8, 4) is 55.8 Å². The van der Waals surface area contributed by atoms with Crippen LogP contribution in [0.1, 0.15) is 25.0 Å². The number of fused-ring (bicyclic) bond motifs is 6. The Kier molecular flexibility index (Phi) is 6.25. The summed E-state index contributed by atoms with van der Waals surface area (Å²) in [7, 11) is 0. The lowest BCUT2D eigenvalue weighted by atomic mass is 9.82. The molecule has 0 saturated carbocycles. The molecule has 236 valence electrons. The van der Waals surface area contributed by atoms with Gasteiger partial charge in [-0.05, 0) is 74.8 Å². The highest BCUT2D eigenvalue weighted by atomic mass is 15.1. The standard InChI is InChI=1S/C48H34N2/c1-48(2)42-19-9-8-16-39(42)46-43(48)20-11-21-44(46)50(34-26-22-32(23-27-34)31-12-4-3-5-13-31)35-28-24-33(25-29-35)47-40-18-10-17-38-36-14-6-7-15-37(36)41(30-49-47)45(38)40/h3-30H,1-2H3. The molecule has 0 unspecified atom stereocenters. The minimum Gasteiger partial charge on any atom is -0.310 e. The molecule has 0 saturated heterocycles. The molecule has 2 nitrogen and oxygen atoms in total. The van der Waals surface area contributed by atoms with Crippen molar-refractivity contribution in [2.45, 2.75) is 19.3 Å². The maximum Gasteiger partial charge on any atom is 0.0780 e. The van der Waals surface area contributed by atoms with Gasteiger partial charge in [0.15, 0.2) is 0 Å². The van der Waals surface area contributed by atoms with Crippen LogP contribution in [0, 0.1) is 0 Å². The van der Waals surface area contributed by atoms with E-state index in [2.05, 4.69) is 189 Å². The molecule has 0 bridgehead atoms. The fourth-order valence-corrected chi connectivity index (χ4v) is 8.47. The van der Waals surface area contributed by atoms with E-state index in [1.54, 1.807) is 0 Å². The van der Waals surface area contributed by atoms with Crippen molar-refractivity contribution in [1.82, 2.24) is 4.98 Å². The van der Waals surface area contributed by atoms with Crippen LogP contribution in [0.4, 0.5) is 17.1 Å². The minimum atomic E-state index is -0.0876. The van der Waals surface area contributed by atoms with Crippen LogP contribution in [0.5, 0.6) is 0 Å². The molecule has 2 heteroatoms. The van der Waals surface area contributed by atoms with Crippen molar-refractivity contribution in [1.29, 1.82) is 0 Å². The van der Waals surface area contributed by atoms with Crippen LogP contribution in [0.2, 0.25) is 0 Å². The summed E-state index contributed by atoms with van der Waals surface area (Å²) in [6, 6.07) is 59.6. The van der Waals surface area contributed by atoms with Gasteiger partial charge in [-0.3, -0.25) is 4.98 Å². The van der Waals surface area contributed by atoms with Gasteiger partial charge in [-0.25, -0.2) is 0 Å². The molecule has 0 amide bonds. The molecule has 0 radical (unpaired) electrons. The van der Waals surface area contributed by atoms with Crippen LogP contribution in [-0.4, -0.2) is 4.98 Å². The lowest BCUT2D eigenvalue weighted by molar-refractivity contribution is 0.660. The normalized spacial score (nSPS) is 13.2. The number of rotatable bonds is 5. The third kappa shape index (κ3) is 4.18. The Labute approximate surface area is 293 Å². The molecule has 1 heterocycles. The predicted octanol–water partition coefficient (Wildman–Crippen LogP) is 13.0. The van der Waals surface area contributed by atoms with E-state index >= 15 is 0 Å². The number of aromatic nitrogens is 1. The van der Waals surface area contributed by atoms with E-state index in [0.717, 1.165) is 22.6 Å². The van der Waals surface area contributed by atoms with Crippen LogP contribution in [0.25, 0.3) is 66.5 Å².